The van der Waals surface area contributed by atoms with Crippen LogP contribution in [0.3, 0.4) is 0 Å². The molecule has 0 bridgehead atoms. The fraction of sp³-hybridized carbons (Fsp3) is 0.750. The predicted molar refractivity (Wildman–Crippen MR) is 102 cm³/mol. The third-order valence-corrected chi connectivity index (χ3v) is 4.73. The van der Waals surface area contributed by atoms with Gasteiger partial charge in [0.25, 0.3) is 0 Å². The molecule has 1 atom stereocenters. The molecular weight excluding hydrogens is 392 g/mol. The van der Waals surface area contributed by atoms with Crippen molar-refractivity contribution in [1.29, 1.82) is 0 Å². The molecule has 1 aliphatic rings. The number of carboxylic acid groups (broad SMARTS) is 1. The summed E-state index contributed by atoms with van der Waals surface area (Å²) in [6.07, 6.45) is 0.201. The van der Waals surface area contributed by atoms with Crippen LogP contribution in [0.5, 0.6) is 0 Å². The molecule has 11 nitrogen and oxygen atoms in total. The van der Waals surface area contributed by atoms with Gasteiger partial charge in [-0.05, 0) is 49.2 Å². The van der Waals surface area contributed by atoms with E-state index in [0.29, 0.717) is 32.7 Å². The summed E-state index contributed by atoms with van der Waals surface area (Å²) in [7, 11) is 0. The largest absolute Gasteiger partial charge is 0.464 e. The number of hydrogen-bond donors (Lipinski definition) is 2. The van der Waals surface area contributed by atoms with Crippen molar-refractivity contribution in [2.75, 3.05) is 32.7 Å². The molecule has 0 aliphatic carbocycles. The summed E-state index contributed by atoms with van der Waals surface area (Å²) >= 11 is 5.92. The molecule has 2 N–H and O–H groups in total. The van der Waals surface area contributed by atoms with Gasteiger partial charge >= 0.3 is 17.2 Å². The summed E-state index contributed by atoms with van der Waals surface area (Å²) in [6.45, 7) is 9.68. The van der Waals surface area contributed by atoms with Crippen molar-refractivity contribution < 1.29 is 19.9 Å². The lowest BCUT2D eigenvalue weighted by Crippen LogP contribution is -2.62. The topological polar surface area (TPSA) is 128 Å². The Bertz CT molecular complexity index is 724. The van der Waals surface area contributed by atoms with Gasteiger partial charge in [0.2, 0.25) is 0 Å². The van der Waals surface area contributed by atoms with Gasteiger partial charge in [-0.25, -0.2) is 14.8 Å². The van der Waals surface area contributed by atoms with E-state index in [2.05, 4.69) is 4.98 Å². The lowest BCUT2D eigenvalue weighted by atomic mass is 10.1. The van der Waals surface area contributed by atoms with Crippen molar-refractivity contribution in [3.05, 3.63) is 21.6 Å². The van der Waals surface area contributed by atoms with Crippen LogP contribution in [0.1, 0.15) is 27.7 Å². The minimum Gasteiger partial charge on any atom is -0.464 e. The summed E-state index contributed by atoms with van der Waals surface area (Å²) in [6, 6.07) is 0. The number of hydrogen-bond acceptors (Lipinski definition) is 7. The summed E-state index contributed by atoms with van der Waals surface area (Å²) in [5.74, 6) is -0.370. The second-order valence-electron chi connectivity index (χ2n) is 8.25. The zero-order chi connectivity index (χ0) is 21.3. The van der Waals surface area contributed by atoms with E-state index < -0.39 is 22.2 Å². The first-order valence-corrected chi connectivity index (χ1v) is 9.28. The molecule has 1 fully saturated rings. The second kappa shape index (κ2) is 8.19. The third-order valence-electron chi connectivity index (χ3n) is 4.43. The average molecular weight is 419 g/mol. The smallest absolute Gasteiger partial charge is 0.422 e. The van der Waals surface area contributed by atoms with Crippen LogP contribution in [0.15, 0.2) is 6.20 Å². The number of carbonyl (C=O) groups is 1. The maximum Gasteiger partial charge on any atom is 0.422 e. The van der Waals surface area contributed by atoms with Crippen molar-refractivity contribution in [2.24, 2.45) is 0 Å². The molecule has 1 saturated heterocycles. The first kappa shape index (κ1) is 22.3. The predicted octanol–water partition coefficient (Wildman–Crippen LogP) is 1.51. The minimum atomic E-state index is -1.20. The van der Waals surface area contributed by atoms with Gasteiger partial charge in [0, 0.05) is 32.7 Å². The average Bonchev–Trinajstić information content (AvgIpc) is 2.87. The number of rotatable bonds is 6. The Labute approximate surface area is 168 Å². The Balaban J connectivity index is 1.96. The first-order chi connectivity index (χ1) is 12.8. The van der Waals surface area contributed by atoms with Crippen LogP contribution in [-0.4, -0.2) is 89.6 Å². The number of hydrazine groups is 1. The van der Waals surface area contributed by atoms with Gasteiger partial charge in [0.05, 0.1) is 17.7 Å². The van der Waals surface area contributed by atoms with E-state index in [9.17, 15) is 25.1 Å². The molecule has 1 unspecified atom stereocenters. The van der Waals surface area contributed by atoms with Crippen LogP contribution in [0, 0.1) is 10.1 Å². The normalized spacial score (nSPS) is 18.6. The summed E-state index contributed by atoms with van der Waals surface area (Å²) in [5.41, 5.74) is -1.75. The van der Waals surface area contributed by atoms with Crippen molar-refractivity contribution in [3.63, 3.8) is 0 Å². The van der Waals surface area contributed by atoms with Crippen LogP contribution < -0.4 is 0 Å². The highest BCUT2D eigenvalue weighted by atomic mass is 35.5. The molecule has 12 heteroatoms. The Morgan fingerprint density at radius 2 is 1.86 bits per heavy atom. The number of aliphatic hydroxyl groups is 1. The Morgan fingerprint density at radius 3 is 2.29 bits per heavy atom. The fourth-order valence-electron chi connectivity index (χ4n) is 3.41. The molecule has 1 aliphatic heterocycles. The number of nitro groups is 1. The number of imidazole rings is 1. The van der Waals surface area contributed by atoms with Gasteiger partial charge in [0.15, 0.2) is 0 Å². The number of aromatic nitrogens is 2. The summed E-state index contributed by atoms with van der Waals surface area (Å²) in [5, 5.41) is 34.1. The van der Waals surface area contributed by atoms with E-state index in [-0.39, 0.29) is 17.6 Å². The SMILES string of the molecule is CC(O)(CN1CCN(N(C(=O)O)C(C)(C)C)CC1)Cn1cc([N+](=O)[O-])nc1Cl. The van der Waals surface area contributed by atoms with Crippen molar-refractivity contribution in [2.45, 2.75) is 45.4 Å². The molecule has 0 saturated carbocycles. The number of β-amino-alcohol motifs (C(OH)–C–C–N with tert-alkyl or cyclic N) is 1. The monoisotopic (exact) mass is 418 g/mol. The Hall–Kier alpha value is -1.95. The molecule has 158 valence electrons. The van der Waals surface area contributed by atoms with Crippen LogP contribution in [0.25, 0.3) is 0 Å². The maximum atomic E-state index is 11.6. The highest BCUT2D eigenvalue weighted by Gasteiger charge is 2.35. The standard InChI is InChI=1S/C16H27ClN6O5/c1-15(2,3)22(14(24)25)21-7-5-19(6-8-21)10-16(4,26)11-20-9-12(23(27)28)18-13(20)17/h9,26H,5-8,10-11H2,1-4H3,(H,24,25). The quantitative estimate of drug-likeness (QED) is 0.525. The number of nitrogens with zero attached hydrogens (tertiary/aromatic N) is 6. The molecular formula is C16H27ClN6O5. The zero-order valence-corrected chi connectivity index (χ0v) is 17.3. The van der Waals surface area contributed by atoms with E-state index in [0.717, 1.165) is 0 Å². The Morgan fingerprint density at radius 1 is 1.29 bits per heavy atom. The zero-order valence-electron chi connectivity index (χ0n) is 16.5. The number of halogens is 1. The van der Waals surface area contributed by atoms with E-state index in [1.54, 1.807) is 11.9 Å². The fourth-order valence-corrected chi connectivity index (χ4v) is 3.60. The molecule has 0 aromatic carbocycles. The van der Waals surface area contributed by atoms with Crippen molar-refractivity contribution in [3.8, 4) is 0 Å². The first-order valence-electron chi connectivity index (χ1n) is 8.90. The highest BCUT2D eigenvalue weighted by molar-refractivity contribution is 6.28. The van der Waals surface area contributed by atoms with Gasteiger partial charge in [-0.1, -0.05) is 0 Å². The maximum absolute atomic E-state index is 11.6. The molecule has 0 radical (unpaired) electrons. The number of amides is 1. The second-order valence-corrected chi connectivity index (χ2v) is 8.58. The van der Waals surface area contributed by atoms with Gasteiger partial charge in [-0.3, -0.25) is 9.47 Å². The van der Waals surface area contributed by atoms with Gasteiger partial charge in [-0.15, -0.1) is 0 Å². The molecule has 1 amide bonds. The molecule has 2 rings (SSSR count). The van der Waals surface area contributed by atoms with Crippen LogP contribution in [0.4, 0.5) is 10.6 Å². The minimum absolute atomic E-state index is 0.0517. The van der Waals surface area contributed by atoms with Crippen molar-refractivity contribution >= 4 is 23.5 Å². The molecule has 28 heavy (non-hydrogen) atoms. The van der Waals surface area contributed by atoms with Crippen LogP contribution >= 0.6 is 11.6 Å². The summed E-state index contributed by atoms with van der Waals surface area (Å²) in [4.78, 5) is 27.4. The third kappa shape index (κ3) is 5.53. The van der Waals surface area contributed by atoms with Crippen LogP contribution in [0.2, 0.25) is 5.28 Å². The lowest BCUT2D eigenvalue weighted by Gasteiger charge is -2.46. The van der Waals surface area contributed by atoms with Gasteiger partial charge in [-0.2, -0.15) is 0 Å². The van der Waals surface area contributed by atoms with E-state index in [1.165, 1.54) is 15.8 Å². The van der Waals surface area contributed by atoms with E-state index >= 15 is 0 Å². The number of piperazine rings is 1. The molecule has 1 aromatic heterocycles. The van der Waals surface area contributed by atoms with Gasteiger partial charge in [0.1, 0.15) is 6.20 Å². The highest BCUT2D eigenvalue weighted by Crippen LogP contribution is 2.22. The van der Waals surface area contributed by atoms with Crippen molar-refractivity contribution in [1.82, 2.24) is 24.5 Å². The Kier molecular flexibility index (Phi) is 6.54. The molecule has 2 heterocycles. The van der Waals surface area contributed by atoms with Crippen LogP contribution in [-0.2, 0) is 6.54 Å². The summed E-state index contributed by atoms with van der Waals surface area (Å²) < 4.78 is 1.35. The lowest BCUT2D eigenvalue weighted by molar-refractivity contribution is -0.389. The van der Waals surface area contributed by atoms with E-state index in [4.69, 9.17) is 11.6 Å². The van der Waals surface area contributed by atoms with Gasteiger partial charge < -0.3 is 20.3 Å². The molecule has 0 spiro atoms. The van der Waals surface area contributed by atoms with E-state index in [1.807, 2.05) is 25.7 Å². The molecule has 1 aromatic rings.